The standard InChI is InChI=1S/C16H23ClN2O5S/c1-19(25(23,24)14-9-7-13(17)8-10-14)12-15(20)18-11-5-3-2-4-6-16(21)22/h7-10H,2-6,11-12H2,1H3,(H,18,20)(H,21,22). The van der Waals surface area contributed by atoms with Gasteiger partial charge in [-0.3, -0.25) is 9.59 Å². The van der Waals surface area contributed by atoms with Crippen LogP contribution in [-0.4, -0.2) is 49.8 Å². The molecule has 0 atom stereocenters. The summed E-state index contributed by atoms with van der Waals surface area (Å²) in [5, 5.41) is 11.6. The Morgan fingerprint density at radius 3 is 2.32 bits per heavy atom. The second kappa shape index (κ2) is 10.4. The molecule has 1 rings (SSSR count). The summed E-state index contributed by atoms with van der Waals surface area (Å²) in [5.41, 5.74) is 0. The number of unbranched alkanes of at least 4 members (excludes halogenated alkanes) is 3. The molecule has 0 saturated carbocycles. The van der Waals surface area contributed by atoms with Gasteiger partial charge in [0.15, 0.2) is 0 Å². The van der Waals surface area contributed by atoms with E-state index in [0.717, 1.165) is 23.6 Å². The quantitative estimate of drug-likeness (QED) is 0.563. The molecule has 0 saturated heterocycles. The number of sulfonamides is 1. The Morgan fingerprint density at radius 1 is 1.12 bits per heavy atom. The van der Waals surface area contributed by atoms with E-state index < -0.39 is 16.0 Å². The van der Waals surface area contributed by atoms with E-state index >= 15 is 0 Å². The van der Waals surface area contributed by atoms with Crippen molar-refractivity contribution in [3.63, 3.8) is 0 Å². The number of rotatable bonds is 11. The lowest BCUT2D eigenvalue weighted by Crippen LogP contribution is -2.38. The maximum absolute atomic E-state index is 12.3. The normalized spacial score (nSPS) is 11.5. The van der Waals surface area contributed by atoms with Gasteiger partial charge in [-0.2, -0.15) is 4.31 Å². The topological polar surface area (TPSA) is 104 Å². The molecule has 0 fully saturated rings. The van der Waals surface area contributed by atoms with Gasteiger partial charge in [0.05, 0.1) is 11.4 Å². The number of nitrogens with zero attached hydrogens (tertiary/aromatic N) is 1. The zero-order chi connectivity index (χ0) is 18.9. The van der Waals surface area contributed by atoms with Crippen LogP contribution in [0.5, 0.6) is 0 Å². The molecule has 9 heteroatoms. The SMILES string of the molecule is CN(CC(=O)NCCCCCCC(=O)O)S(=O)(=O)c1ccc(Cl)cc1. The number of carbonyl (C=O) groups is 2. The number of benzene rings is 1. The number of carboxylic acid groups (broad SMARTS) is 1. The summed E-state index contributed by atoms with van der Waals surface area (Å²) < 4.78 is 25.7. The minimum absolute atomic E-state index is 0.0747. The first kappa shape index (κ1) is 21.4. The Hall–Kier alpha value is -1.64. The van der Waals surface area contributed by atoms with Crippen LogP contribution in [-0.2, 0) is 19.6 Å². The van der Waals surface area contributed by atoms with E-state index in [0.29, 0.717) is 18.0 Å². The van der Waals surface area contributed by atoms with Gasteiger partial charge < -0.3 is 10.4 Å². The number of aliphatic carboxylic acids is 1. The van der Waals surface area contributed by atoms with Gasteiger partial charge in [-0.1, -0.05) is 24.4 Å². The first-order valence-electron chi connectivity index (χ1n) is 7.94. The van der Waals surface area contributed by atoms with Gasteiger partial charge in [0.2, 0.25) is 15.9 Å². The van der Waals surface area contributed by atoms with E-state index in [1.54, 1.807) is 0 Å². The minimum Gasteiger partial charge on any atom is -0.481 e. The highest BCUT2D eigenvalue weighted by atomic mass is 35.5. The lowest BCUT2D eigenvalue weighted by Gasteiger charge is -2.17. The Morgan fingerprint density at radius 2 is 1.72 bits per heavy atom. The van der Waals surface area contributed by atoms with E-state index in [-0.39, 0.29) is 23.8 Å². The highest BCUT2D eigenvalue weighted by molar-refractivity contribution is 7.89. The second-order valence-corrected chi connectivity index (χ2v) is 8.10. The summed E-state index contributed by atoms with van der Waals surface area (Å²) in [7, 11) is -2.40. The van der Waals surface area contributed by atoms with Crippen LogP contribution in [0, 0.1) is 0 Å². The van der Waals surface area contributed by atoms with Crippen molar-refractivity contribution in [3.8, 4) is 0 Å². The van der Waals surface area contributed by atoms with Crippen LogP contribution >= 0.6 is 11.6 Å². The number of carboxylic acids is 1. The molecule has 0 aliphatic heterocycles. The number of amides is 1. The molecule has 0 aromatic heterocycles. The van der Waals surface area contributed by atoms with Crippen molar-refractivity contribution in [2.75, 3.05) is 20.1 Å². The van der Waals surface area contributed by atoms with Crippen molar-refractivity contribution < 1.29 is 23.1 Å². The first-order chi connectivity index (χ1) is 11.7. The van der Waals surface area contributed by atoms with E-state index in [2.05, 4.69) is 5.32 Å². The lowest BCUT2D eigenvalue weighted by atomic mass is 10.1. The third kappa shape index (κ3) is 7.85. The third-order valence-corrected chi connectivity index (χ3v) is 5.60. The summed E-state index contributed by atoms with van der Waals surface area (Å²) >= 11 is 5.74. The number of carbonyl (C=O) groups excluding carboxylic acids is 1. The van der Waals surface area contributed by atoms with Crippen LogP contribution < -0.4 is 5.32 Å². The number of hydrogen-bond acceptors (Lipinski definition) is 4. The Bertz CT molecular complexity index is 676. The summed E-state index contributed by atoms with van der Waals surface area (Å²) in [6, 6.07) is 5.74. The smallest absolute Gasteiger partial charge is 0.303 e. The highest BCUT2D eigenvalue weighted by Crippen LogP contribution is 2.17. The predicted octanol–water partition coefficient (Wildman–Crippen LogP) is 2.11. The van der Waals surface area contributed by atoms with Gasteiger partial charge in [-0.15, -0.1) is 0 Å². The second-order valence-electron chi connectivity index (χ2n) is 5.62. The predicted molar refractivity (Wildman–Crippen MR) is 95.0 cm³/mol. The van der Waals surface area contributed by atoms with Gasteiger partial charge >= 0.3 is 5.97 Å². The average molecular weight is 391 g/mol. The molecule has 0 aliphatic rings. The van der Waals surface area contributed by atoms with E-state index in [1.165, 1.54) is 31.3 Å². The van der Waals surface area contributed by atoms with Crippen molar-refractivity contribution in [3.05, 3.63) is 29.3 Å². The van der Waals surface area contributed by atoms with Crippen molar-refractivity contribution in [2.45, 2.75) is 37.0 Å². The average Bonchev–Trinajstić information content (AvgIpc) is 2.54. The molecular weight excluding hydrogens is 368 g/mol. The minimum atomic E-state index is -3.74. The molecule has 0 spiro atoms. The molecule has 2 N–H and O–H groups in total. The van der Waals surface area contributed by atoms with Crippen molar-refractivity contribution in [2.24, 2.45) is 0 Å². The van der Waals surface area contributed by atoms with Gasteiger partial charge in [0.1, 0.15) is 0 Å². The highest BCUT2D eigenvalue weighted by Gasteiger charge is 2.22. The van der Waals surface area contributed by atoms with Crippen LogP contribution in [0.15, 0.2) is 29.2 Å². The number of halogens is 1. The summed E-state index contributed by atoms with van der Waals surface area (Å²) in [4.78, 5) is 22.3. The summed E-state index contributed by atoms with van der Waals surface area (Å²) in [6.07, 6.45) is 3.09. The molecule has 140 valence electrons. The van der Waals surface area contributed by atoms with Crippen LogP contribution in [0.4, 0.5) is 0 Å². The monoisotopic (exact) mass is 390 g/mol. The van der Waals surface area contributed by atoms with Gasteiger partial charge in [-0.25, -0.2) is 8.42 Å². The number of nitrogens with one attached hydrogen (secondary N) is 1. The molecule has 0 bridgehead atoms. The zero-order valence-corrected chi connectivity index (χ0v) is 15.6. The fourth-order valence-corrected chi connectivity index (χ4v) is 3.37. The van der Waals surface area contributed by atoms with Crippen molar-refractivity contribution >= 4 is 33.5 Å². The fourth-order valence-electron chi connectivity index (χ4n) is 2.11. The Balaban J connectivity index is 2.33. The largest absolute Gasteiger partial charge is 0.481 e. The molecule has 25 heavy (non-hydrogen) atoms. The molecule has 0 aliphatic carbocycles. The van der Waals surface area contributed by atoms with Crippen LogP contribution in [0.25, 0.3) is 0 Å². The molecular formula is C16H23ClN2O5S. The van der Waals surface area contributed by atoms with Gasteiger partial charge in [-0.05, 0) is 37.1 Å². The maximum atomic E-state index is 12.3. The van der Waals surface area contributed by atoms with Gasteiger partial charge in [0, 0.05) is 25.0 Å². The molecule has 1 aromatic carbocycles. The van der Waals surface area contributed by atoms with Crippen molar-refractivity contribution in [1.29, 1.82) is 0 Å². The van der Waals surface area contributed by atoms with E-state index in [9.17, 15) is 18.0 Å². The van der Waals surface area contributed by atoms with E-state index in [1.807, 2.05) is 0 Å². The molecule has 0 radical (unpaired) electrons. The number of likely N-dealkylation sites (N-methyl/N-ethyl adjacent to an activating group) is 1. The fraction of sp³-hybridized carbons (Fsp3) is 0.500. The molecule has 0 unspecified atom stereocenters. The molecule has 0 heterocycles. The Kier molecular flexibility index (Phi) is 8.88. The third-order valence-electron chi connectivity index (χ3n) is 3.53. The zero-order valence-electron chi connectivity index (χ0n) is 14.1. The molecule has 1 amide bonds. The van der Waals surface area contributed by atoms with Crippen LogP contribution in [0.3, 0.4) is 0 Å². The lowest BCUT2D eigenvalue weighted by molar-refractivity contribution is -0.137. The Labute approximate surface area is 153 Å². The van der Waals surface area contributed by atoms with E-state index in [4.69, 9.17) is 16.7 Å². The van der Waals surface area contributed by atoms with Crippen LogP contribution in [0.1, 0.15) is 32.1 Å². The molecule has 1 aromatic rings. The molecule has 7 nitrogen and oxygen atoms in total. The maximum Gasteiger partial charge on any atom is 0.303 e. The summed E-state index contributed by atoms with van der Waals surface area (Å²) in [6.45, 7) is 0.157. The number of hydrogen-bond donors (Lipinski definition) is 2. The van der Waals surface area contributed by atoms with Crippen LogP contribution in [0.2, 0.25) is 5.02 Å². The van der Waals surface area contributed by atoms with Gasteiger partial charge in [0.25, 0.3) is 0 Å². The van der Waals surface area contributed by atoms with Crippen molar-refractivity contribution in [1.82, 2.24) is 9.62 Å². The summed E-state index contributed by atoms with van der Waals surface area (Å²) in [5.74, 6) is -1.19. The first-order valence-corrected chi connectivity index (χ1v) is 9.75.